The van der Waals surface area contributed by atoms with Crippen LogP contribution in [-0.2, 0) is 20.8 Å². The fourth-order valence-corrected chi connectivity index (χ4v) is 1.84. The summed E-state index contributed by atoms with van der Waals surface area (Å²) in [5, 5.41) is 10.7. The molecule has 0 aromatic heterocycles. The van der Waals surface area contributed by atoms with Gasteiger partial charge in [0.05, 0.1) is 6.54 Å². The highest BCUT2D eigenvalue weighted by Gasteiger charge is 2.21. The minimum Gasteiger partial charge on any atom is -0.480 e. The Balaban J connectivity index is 2.55. The van der Waals surface area contributed by atoms with Crippen LogP contribution in [0.25, 0.3) is 0 Å². The number of halogens is 1. The van der Waals surface area contributed by atoms with Crippen LogP contribution in [0.2, 0.25) is 0 Å². The molecule has 22 heavy (non-hydrogen) atoms. The van der Waals surface area contributed by atoms with Crippen LogP contribution >= 0.6 is 0 Å². The average Bonchev–Trinajstić information content (AvgIpc) is 2.49. The SMILES string of the molecule is CC(=O)N(CCc1ccccc1)CC(=O)NC(CF)C(=O)O. The Hall–Kier alpha value is -2.44. The molecule has 1 aromatic rings. The molecule has 0 aliphatic rings. The lowest BCUT2D eigenvalue weighted by Crippen LogP contribution is -2.47. The monoisotopic (exact) mass is 310 g/mol. The van der Waals surface area contributed by atoms with Gasteiger partial charge in [0.15, 0.2) is 6.04 Å². The molecular weight excluding hydrogens is 291 g/mol. The summed E-state index contributed by atoms with van der Waals surface area (Å²) in [5.41, 5.74) is 1.02. The summed E-state index contributed by atoms with van der Waals surface area (Å²) in [6, 6.07) is 7.85. The zero-order valence-corrected chi connectivity index (χ0v) is 12.3. The van der Waals surface area contributed by atoms with Crippen LogP contribution in [-0.4, -0.2) is 53.6 Å². The lowest BCUT2D eigenvalue weighted by molar-refractivity contribution is -0.142. The third-order valence-corrected chi connectivity index (χ3v) is 3.08. The summed E-state index contributed by atoms with van der Waals surface area (Å²) in [5.74, 6) is -2.46. The van der Waals surface area contributed by atoms with Crippen LogP contribution in [0.5, 0.6) is 0 Å². The molecule has 6 nitrogen and oxygen atoms in total. The van der Waals surface area contributed by atoms with Gasteiger partial charge in [0.1, 0.15) is 6.67 Å². The van der Waals surface area contributed by atoms with Gasteiger partial charge >= 0.3 is 5.97 Å². The smallest absolute Gasteiger partial charge is 0.328 e. The molecule has 1 aromatic carbocycles. The number of hydrogen-bond donors (Lipinski definition) is 2. The van der Waals surface area contributed by atoms with Crippen molar-refractivity contribution >= 4 is 17.8 Å². The number of carboxylic acid groups (broad SMARTS) is 1. The van der Waals surface area contributed by atoms with E-state index in [-0.39, 0.29) is 12.5 Å². The number of nitrogens with one attached hydrogen (secondary N) is 1. The Morgan fingerprint density at radius 1 is 1.27 bits per heavy atom. The molecule has 2 N–H and O–H groups in total. The minimum absolute atomic E-state index is 0.300. The van der Waals surface area contributed by atoms with Gasteiger partial charge < -0.3 is 15.3 Å². The van der Waals surface area contributed by atoms with Crippen molar-refractivity contribution in [2.75, 3.05) is 19.8 Å². The van der Waals surface area contributed by atoms with E-state index < -0.39 is 24.6 Å². The van der Waals surface area contributed by atoms with Gasteiger partial charge in [-0.05, 0) is 12.0 Å². The first kappa shape index (κ1) is 17.6. The molecule has 0 fully saturated rings. The van der Waals surface area contributed by atoms with Crippen molar-refractivity contribution in [3.63, 3.8) is 0 Å². The fourth-order valence-electron chi connectivity index (χ4n) is 1.84. The van der Waals surface area contributed by atoms with E-state index in [9.17, 15) is 18.8 Å². The Bertz CT molecular complexity index is 522. The van der Waals surface area contributed by atoms with Crippen LogP contribution in [0.1, 0.15) is 12.5 Å². The fraction of sp³-hybridized carbons (Fsp3) is 0.400. The zero-order valence-electron chi connectivity index (χ0n) is 12.3. The number of amides is 2. The average molecular weight is 310 g/mol. The van der Waals surface area contributed by atoms with Crippen molar-refractivity contribution in [3.05, 3.63) is 35.9 Å². The van der Waals surface area contributed by atoms with Gasteiger partial charge in [-0.1, -0.05) is 30.3 Å². The molecule has 1 unspecified atom stereocenters. The molecule has 2 amide bonds. The van der Waals surface area contributed by atoms with E-state index in [1.54, 1.807) is 0 Å². The predicted octanol–water partition coefficient (Wildman–Crippen LogP) is 0.617. The number of carbonyl (C=O) groups excluding carboxylic acids is 2. The lowest BCUT2D eigenvalue weighted by Gasteiger charge is -2.21. The Kier molecular flexibility index (Phi) is 7.01. The van der Waals surface area contributed by atoms with Crippen LogP contribution in [0, 0.1) is 0 Å². The number of nitrogens with zero attached hydrogens (tertiary/aromatic N) is 1. The number of carboxylic acids is 1. The molecule has 0 saturated heterocycles. The van der Waals surface area contributed by atoms with Gasteiger partial charge in [-0.25, -0.2) is 9.18 Å². The van der Waals surface area contributed by atoms with Crippen molar-refractivity contribution < 1.29 is 23.9 Å². The van der Waals surface area contributed by atoms with Gasteiger partial charge in [-0.15, -0.1) is 0 Å². The molecule has 0 spiro atoms. The second-order valence-electron chi connectivity index (χ2n) is 4.79. The molecule has 0 radical (unpaired) electrons. The minimum atomic E-state index is -1.59. The molecule has 120 valence electrons. The van der Waals surface area contributed by atoms with E-state index >= 15 is 0 Å². The van der Waals surface area contributed by atoms with E-state index in [1.807, 2.05) is 35.6 Å². The summed E-state index contributed by atoms with van der Waals surface area (Å²) in [7, 11) is 0. The molecule has 1 atom stereocenters. The maximum Gasteiger partial charge on any atom is 0.328 e. The van der Waals surface area contributed by atoms with Crippen molar-refractivity contribution in [1.82, 2.24) is 10.2 Å². The third-order valence-electron chi connectivity index (χ3n) is 3.08. The normalized spacial score (nSPS) is 11.5. The number of carbonyl (C=O) groups is 3. The second kappa shape index (κ2) is 8.76. The summed E-state index contributed by atoms with van der Waals surface area (Å²) >= 11 is 0. The number of alkyl halides is 1. The van der Waals surface area contributed by atoms with Crippen molar-refractivity contribution in [3.8, 4) is 0 Å². The highest BCUT2D eigenvalue weighted by Crippen LogP contribution is 2.02. The standard InChI is InChI=1S/C15H19FN2O4/c1-11(19)18(8-7-12-5-3-2-4-6-12)10-14(20)17-13(9-16)15(21)22/h2-6,13H,7-10H2,1H3,(H,17,20)(H,21,22). The van der Waals surface area contributed by atoms with Gasteiger partial charge in [0.2, 0.25) is 11.8 Å². The number of hydrogen-bond acceptors (Lipinski definition) is 3. The quantitative estimate of drug-likeness (QED) is 0.737. The van der Waals surface area contributed by atoms with Crippen LogP contribution < -0.4 is 5.32 Å². The lowest BCUT2D eigenvalue weighted by atomic mass is 10.1. The Labute approximate surface area is 127 Å². The summed E-state index contributed by atoms with van der Waals surface area (Å²) in [4.78, 5) is 35.2. The first-order valence-corrected chi connectivity index (χ1v) is 6.81. The van der Waals surface area contributed by atoms with Gasteiger partial charge in [0.25, 0.3) is 0 Å². The predicted molar refractivity (Wildman–Crippen MR) is 77.9 cm³/mol. The molecule has 1 rings (SSSR count). The highest BCUT2D eigenvalue weighted by molar-refractivity contribution is 5.87. The molecular formula is C15H19FN2O4. The summed E-state index contributed by atoms with van der Waals surface area (Å²) in [6.45, 7) is 0.138. The topological polar surface area (TPSA) is 86.7 Å². The van der Waals surface area contributed by atoms with Gasteiger partial charge in [-0.2, -0.15) is 0 Å². The third kappa shape index (κ3) is 5.90. The van der Waals surface area contributed by atoms with Gasteiger partial charge in [0, 0.05) is 13.5 Å². The van der Waals surface area contributed by atoms with Crippen LogP contribution in [0.4, 0.5) is 4.39 Å². The first-order chi connectivity index (χ1) is 10.4. The molecule has 0 bridgehead atoms. The Morgan fingerprint density at radius 3 is 2.41 bits per heavy atom. The highest BCUT2D eigenvalue weighted by atomic mass is 19.1. The zero-order chi connectivity index (χ0) is 16.5. The molecule has 0 aliphatic carbocycles. The molecule has 7 heteroatoms. The number of aliphatic carboxylic acids is 1. The first-order valence-electron chi connectivity index (χ1n) is 6.81. The van der Waals surface area contributed by atoms with Crippen LogP contribution in [0.15, 0.2) is 30.3 Å². The molecule has 0 saturated carbocycles. The summed E-state index contributed by atoms with van der Waals surface area (Å²) < 4.78 is 12.5. The van der Waals surface area contributed by atoms with E-state index in [1.165, 1.54) is 11.8 Å². The molecule has 0 heterocycles. The van der Waals surface area contributed by atoms with E-state index in [0.717, 1.165) is 5.56 Å². The van der Waals surface area contributed by atoms with Crippen molar-refractivity contribution in [2.24, 2.45) is 0 Å². The summed E-state index contributed by atoms with van der Waals surface area (Å²) in [6.07, 6.45) is 0.569. The Morgan fingerprint density at radius 2 is 1.91 bits per heavy atom. The number of rotatable bonds is 8. The maximum atomic E-state index is 12.5. The van der Waals surface area contributed by atoms with E-state index in [0.29, 0.717) is 13.0 Å². The maximum absolute atomic E-state index is 12.5. The molecule has 0 aliphatic heterocycles. The van der Waals surface area contributed by atoms with Gasteiger partial charge in [-0.3, -0.25) is 9.59 Å². The van der Waals surface area contributed by atoms with E-state index in [4.69, 9.17) is 5.11 Å². The second-order valence-corrected chi connectivity index (χ2v) is 4.79. The number of benzene rings is 1. The van der Waals surface area contributed by atoms with Crippen molar-refractivity contribution in [1.29, 1.82) is 0 Å². The van der Waals surface area contributed by atoms with E-state index in [2.05, 4.69) is 0 Å². The largest absolute Gasteiger partial charge is 0.480 e. The van der Waals surface area contributed by atoms with Crippen molar-refractivity contribution in [2.45, 2.75) is 19.4 Å². The van der Waals surface area contributed by atoms with Crippen LogP contribution in [0.3, 0.4) is 0 Å².